The van der Waals surface area contributed by atoms with Gasteiger partial charge in [0, 0.05) is 29.5 Å². The van der Waals surface area contributed by atoms with E-state index in [1.807, 2.05) is 0 Å². The molecule has 1 N–H and O–H groups in total. The van der Waals surface area contributed by atoms with Gasteiger partial charge in [-0.25, -0.2) is 0 Å². The van der Waals surface area contributed by atoms with Gasteiger partial charge in [0.25, 0.3) is 0 Å². The SMILES string of the molecule is CSc1ccccc1NCc1cccn1C. The second-order valence-corrected chi connectivity index (χ2v) is 4.51. The second kappa shape index (κ2) is 5.12. The van der Waals surface area contributed by atoms with E-state index in [4.69, 9.17) is 0 Å². The van der Waals surface area contributed by atoms with Crippen molar-refractivity contribution in [2.75, 3.05) is 11.6 Å². The Labute approximate surface area is 101 Å². The zero-order valence-corrected chi connectivity index (χ0v) is 10.4. The molecule has 0 aliphatic rings. The van der Waals surface area contributed by atoms with Crippen LogP contribution in [0.2, 0.25) is 0 Å². The summed E-state index contributed by atoms with van der Waals surface area (Å²) in [5.74, 6) is 0. The standard InChI is InChI=1S/C13H16N2S/c1-15-9-5-6-11(15)10-14-12-7-3-4-8-13(12)16-2/h3-9,14H,10H2,1-2H3. The average molecular weight is 232 g/mol. The van der Waals surface area contributed by atoms with Crippen molar-refractivity contribution in [1.29, 1.82) is 0 Å². The molecular formula is C13H16N2S. The maximum absolute atomic E-state index is 3.47. The lowest BCUT2D eigenvalue weighted by molar-refractivity contribution is 0.841. The molecular weight excluding hydrogens is 216 g/mol. The molecule has 1 aromatic carbocycles. The van der Waals surface area contributed by atoms with E-state index in [-0.39, 0.29) is 0 Å². The molecule has 0 radical (unpaired) electrons. The molecule has 2 nitrogen and oxygen atoms in total. The summed E-state index contributed by atoms with van der Waals surface area (Å²) in [5.41, 5.74) is 2.49. The van der Waals surface area contributed by atoms with Gasteiger partial charge in [-0.2, -0.15) is 0 Å². The van der Waals surface area contributed by atoms with Crippen LogP contribution in [-0.4, -0.2) is 10.8 Å². The van der Waals surface area contributed by atoms with Gasteiger partial charge >= 0.3 is 0 Å². The topological polar surface area (TPSA) is 17.0 Å². The minimum Gasteiger partial charge on any atom is -0.379 e. The Bertz CT molecular complexity index is 462. The molecule has 16 heavy (non-hydrogen) atoms. The van der Waals surface area contributed by atoms with Gasteiger partial charge in [-0.15, -0.1) is 11.8 Å². The Hall–Kier alpha value is -1.35. The number of rotatable bonds is 4. The Morgan fingerprint density at radius 2 is 2.00 bits per heavy atom. The van der Waals surface area contributed by atoms with Crippen LogP contribution in [0.25, 0.3) is 0 Å². The molecule has 1 heterocycles. The summed E-state index contributed by atoms with van der Waals surface area (Å²) in [7, 11) is 2.07. The minimum atomic E-state index is 0.862. The van der Waals surface area contributed by atoms with Gasteiger partial charge < -0.3 is 9.88 Å². The van der Waals surface area contributed by atoms with Crippen LogP contribution in [-0.2, 0) is 13.6 Å². The molecule has 0 atom stereocenters. The largest absolute Gasteiger partial charge is 0.379 e. The third-order valence-corrected chi connectivity index (χ3v) is 3.41. The van der Waals surface area contributed by atoms with E-state index in [9.17, 15) is 0 Å². The molecule has 1 aromatic heterocycles. The average Bonchev–Trinajstić information content (AvgIpc) is 2.72. The van der Waals surface area contributed by atoms with Crippen LogP contribution in [0.5, 0.6) is 0 Å². The maximum atomic E-state index is 3.47. The first-order valence-electron chi connectivity index (χ1n) is 5.28. The summed E-state index contributed by atoms with van der Waals surface area (Å²) in [6.07, 6.45) is 4.17. The predicted molar refractivity (Wildman–Crippen MR) is 71.0 cm³/mol. The molecule has 2 aromatic rings. The highest BCUT2D eigenvalue weighted by molar-refractivity contribution is 7.98. The number of benzene rings is 1. The number of para-hydroxylation sites is 1. The fourth-order valence-electron chi connectivity index (χ4n) is 1.66. The molecule has 0 aliphatic heterocycles. The molecule has 0 bridgehead atoms. The summed E-state index contributed by atoms with van der Waals surface area (Å²) >= 11 is 1.77. The number of nitrogens with one attached hydrogen (secondary N) is 1. The Balaban J connectivity index is 2.07. The van der Waals surface area contributed by atoms with Crippen LogP contribution >= 0.6 is 11.8 Å². The number of hydrogen-bond acceptors (Lipinski definition) is 2. The van der Waals surface area contributed by atoms with Crippen molar-refractivity contribution < 1.29 is 0 Å². The van der Waals surface area contributed by atoms with Gasteiger partial charge in [0.15, 0.2) is 0 Å². The van der Waals surface area contributed by atoms with Crippen molar-refractivity contribution in [3.8, 4) is 0 Å². The molecule has 0 unspecified atom stereocenters. The van der Waals surface area contributed by atoms with Crippen LogP contribution in [0.4, 0.5) is 5.69 Å². The lowest BCUT2D eigenvalue weighted by atomic mass is 10.3. The first-order chi connectivity index (χ1) is 7.81. The Morgan fingerprint density at radius 1 is 1.19 bits per heavy atom. The van der Waals surface area contributed by atoms with E-state index in [0.717, 1.165) is 6.54 Å². The smallest absolute Gasteiger partial charge is 0.0553 e. The van der Waals surface area contributed by atoms with Crippen molar-refractivity contribution in [3.05, 3.63) is 48.3 Å². The van der Waals surface area contributed by atoms with Crippen LogP contribution < -0.4 is 5.32 Å². The number of thioether (sulfide) groups is 1. The van der Waals surface area contributed by atoms with Crippen molar-refractivity contribution >= 4 is 17.4 Å². The lowest BCUT2D eigenvalue weighted by Crippen LogP contribution is -2.04. The first-order valence-corrected chi connectivity index (χ1v) is 6.51. The highest BCUT2D eigenvalue weighted by Gasteiger charge is 2.01. The fourth-order valence-corrected chi connectivity index (χ4v) is 2.23. The highest BCUT2D eigenvalue weighted by atomic mass is 32.2. The van der Waals surface area contributed by atoms with E-state index in [2.05, 4.69) is 65.8 Å². The summed E-state index contributed by atoms with van der Waals surface area (Å²) < 4.78 is 2.13. The van der Waals surface area contributed by atoms with Crippen LogP contribution in [0.3, 0.4) is 0 Å². The Kier molecular flexibility index (Phi) is 3.57. The van der Waals surface area contributed by atoms with Crippen molar-refractivity contribution in [3.63, 3.8) is 0 Å². The van der Waals surface area contributed by atoms with Crippen molar-refractivity contribution in [2.45, 2.75) is 11.4 Å². The molecule has 0 fully saturated rings. The molecule has 0 amide bonds. The predicted octanol–water partition coefficient (Wildman–Crippen LogP) is 3.36. The van der Waals surface area contributed by atoms with Gasteiger partial charge in [-0.1, -0.05) is 12.1 Å². The zero-order valence-electron chi connectivity index (χ0n) is 9.60. The highest BCUT2D eigenvalue weighted by Crippen LogP contribution is 2.24. The zero-order chi connectivity index (χ0) is 11.4. The van der Waals surface area contributed by atoms with E-state index in [1.165, 1.54) is 16.3 Å². The fraction of sp³-hybridized carbons (Fsp3) is 0.231. The minimum absolute atomic E-state index is 0.862. The summed E-state index contributed by atoms with van der Waals surface area (Å²) in [6.45, 7) is 0.862. The quantitative estimate of drug-likeness (QED) is 0.814. The molecule has 2 rings (SSSR count). The van der Waals surface area contributed by atoms with Gasteiger partial charge in [-0.05, 0) is 30.5 Å². The number of aryl methyl sites for hydroxylation is 1. The lowest BCUT2D eigenvalue weighted by Gasteiger charge is -2.10. The monoisotopic (exact) mass is 232 g/mol. The van der Waals surface area contributed by atoms with Crippen LogP contribution in [0, 0.1) is 0 Å². The normalized spacial score (nSPS) is 10.4. The third-order valence-electron chi connectivity index (χ3n) is 2.62. The molecule has 0 saturated heterocycles. The van der Waals surface area contributed by atoms with Gasteiger partial charge in [-0.3, -0.25) is 0 Å². The first kappa shape index (κ1) is 11.1. The van der Waals surface area contributed by atoms with E-state index in [0.29, 0.717) is 0 Å². The van der Waals surface area contributed by atoms with Gasteiger partial charge in [0.05, 0.1) is 6.54 Å². The number of nitrogens with zero attached hydrogens (tertiary/aromatic N) is 1. The van der Waals surface area contributed by atoms with E-state index < -0.39 is 0 Å². The number of hydrogen-bond donors (Lipinski definition) is 1. The maximum Gasteiger partial charge on any atom is 0.0553 e. The Morgan fingerprint density at radius 3 is 2.69 bits per heavy atom. The summed E-state index contributed by atoms with van der Waals surface area (Å²) in [4.78, 5) is 1.29. The number of aromatic nitrogens is 1. The number of anilines is 1. The molecule has 84 valence electrons. The van der Waals surface area contributed by atoms with Gasteiger partial charge in [0.2, 0.25) is 0 Å². The van der Waals surface area contributed by atoms with E-state index >= 15 is 0 Å². The molecule has 3 heteroatoms. The summed E-state index contributed by atoms with van der Waals surface area (Å²) in [6, 6.07) is 12.6. The second-order valence-electron chi connectivity index (χ2n) is 3.66. The van der Waals surface area contributed by atoms with Crippen LogP contribution in [0.15, 0.2) is 47.5 Å². The van der Waals surface area contributed by atoms with Crippen molar-refractivity contribution in [1.82, 2.24) is 4.57 Å². The molecule has 0 spiro atoms. The third kappa shape index (κ3) is 2.42. The van der Waals surface area contributed by atoms with Gasteiger partial charge in [0.1, 0.15) is 0 Å². The molecule has 0 saturated carbocycles. The van der Waals surface area contributed by atoms with Crippen molar-refractivity contribution in [2.24, 2.45) is 7.05 Å². The summed E-state index contributed by atoms with van der Waals surface area (Å²) in [5, 5.41) is 3.47. The molecule has 0 aliphatic carbocycles. The van der Waals surface area contributed by atoms with E-state index in [1.54, 1.807) is 11.8 Å². The van der Waals surface area contributed by atoms with Crippen LogP contribution in [0.1, 0.15) is 5.69 Å².